The van der Waals surface area contributed by atoms with Crippen LogP contribution in [0.15, 0.2) is 24.4 Å². The quantitative estimate of drug-likeness (QED) is 0.869. The number of aromatic nitrogens is 2. The molecule has 7 nitrogen and oxygen atoms in total. The number of nitrogens with zero attached hydrogens (tertiary/aromatic N) is 2. The molecule has 0 saturated heterocycles. The third-order valence-corrected chi connectivity index (χ3v) is 4.46. The van der Waals surface area contributed by atoms with Crippen LogP contribution in [-0.2, 0) is 23.1 Å². The summed E-state index contributed by atoms with van der Waals surface area (Å²) in [6.45, 7) is 3.83. The lowest BCUT2D eigenvalue weighted by molar-refractivity contribution is -0.123. The van der Waals surface area contributed by atoms with E-state index < -0.39 is 0 Å². The Balaban J connectivity index is 1.55. The highest BCUT2D eigenvalue weighted by Crippen LogP contribution is 2.26. The molecule has 1 aromatic heterocycles. The van der Waals surface area contributed by atoms with Gasteiger partial charge in [-0.2, -0.15) is 5.10 Å². The van der Waals surface area contributed by atoms with E-state index in [4.69, 9.17) is 4.74 Å². The molecule has 0 fully saturated rings. The number of amides is 2. The van der Waals surface area contributed by atoms with Crippen molar-refractivity contribution in [1.82, 2.24) is 15.1 Å². The Morgan fingerprint density at radius 2 is 2.24 bits per heavy atom. The normalized spacial score (nSPS) is 14.4. The van der Waals surface area contributed by atoms with Gasteiger partial charge in [0, 0.05) is 30.4 Å². The van der Waals surface area contributed by atoms with E-state index in [1.54, 1.807) is 23.0 Å². The maximum absolute atomic E-state index is 12.1. The standard InChI is InChI=1S/C18H22N4O3/c1-11(15-9-19-22(3)12(15)2)20-18(24)10-25-14-5-6-16-13(8-14)4-7-17(23)21-16/h5-6,8-9,11H,4,7,10H2,1-3H3,(H,20,24)(H,21,23)/t11-/m1/s1. The molecule has 1 aliphatic heterocycles. The van der Waals surface area contributed by atoms with Crippen LogP contribution in [0.1, 0.15) is 36.2 Å². The van der Waals surface area contributed by atoms with Crippen LogP contribution >= 0.6 is 0 Å². The van der Waals surface area contributed by atoms with Gasteiger partial charge in [0.25, 0.3) is 5.91 Å². The number of hydrogen-bond acceptors (Lipinski definition) is 4. The predicted octanol–water partition coefficient (Wildman–Crippen LogP) is 1.87. The molecule has 0 saturated carbocycles. The van der Waals surface area contributed by atoms with E-state index in [-0.39, 0.29) is 24.5 Å². The zero-order valence-corrected chi connectivity index (χ0v) is 14.6. The van der Waals surface area contributed by atoms with Gasteiger partial charge in [-0.05, 0) is 44.0 Å². The van der Waals surface area contributed by atoms with Gasteiger partial charge in [0.05, 0.1) is 12.2 Å². The number of anilines is 1. The minimum absolute atomic E-state index is 0.0280. The van der Waals surface area contributed by atoms with Gasteiger partial charge in [-0.1, -0.05) is 0 Å². The first kappa shape index (κ1) is 17.0. The monoisotopic (exact) mass is 342 g/mol. The van der Waals surface area contributed by atoms with Crippen LogP contribution in [-0.4, -0.2) is 28.2 Å². The molecule has 1 atom stereocenters. The first-order valence-electron chi connectivity index (χ1n) is 8.27. The summed E-state index contributed by atoms with van der Waals surface area (Å²) in [6.07, 6.45) is 2.92. The van der Waals surface area contributed by atoms with Crippen molar-refractivity contribution in [3.63, 3.8) is 0 Å². The van der Waals surface area contributed by atoms with Gasteiger partial charge in [-0.3, -0.25) is 14.3 Å². The van der Waals surface area contributed by atoms with Gasteiger partial charge in [-0.15, -0.1) is 0 Å². The Hall–Kier alpha value is -2.83. The maximum atomic E-state index is 12.1. The third-order valence-electron chi connectivity index (χ3n) is 4.46. The number of ether oxygens (including phenoxy) is 1. The number of hydrogen-bond donors (Lipinski definition) is 2. The molecule has 3 rings (SSSR count). The average Bonchev–Trinajstić information content (AvgIpc) is 2.92. The summed E-state index contributed by atoms with van der Waals surface area (Å²) >= 11 is 0. The molecule has 1 aromatic carbocycles. The number of aryl methyl sites for hydroxylation is 2. The fourth-order valence-electron chi connectivity index (χ4n) is 2.90. The van der Waals surface area contributed by atoms with Crippen LogP contribution < -0.4 is 15.4 Å². The number of rotatable bonds is 5. The van der Waals surface area contributed by atoms with Crippen molar-refractivity contribution < 1.29 is 14.3 Å². The van der Waals surface area contributed by atoms with Gasteiger partial charge in [0.2, 0.25) is 5.91 Å². The van der Waals surface area contributed by atoms with E-state index in [1.165, 1.54) is 0 Å². The number of carbonyl (C=O) groups is 2. The molecule has 25 heavy (non-hydrogen) atoms. The highest BCUT2D eigenvalue weighted by Gasteiger charge is 2.17. The molecule has 0 aliphatic carbocycles. The molecule has 7 heteroatoms. The topological polar surface area (TPSA) is 85.2 Å². The molecule has 0 bridgehead atoms. The summed E-state index contributed by atoms with van der Waals surface area (Å²) in [5, 5.41) is 9.92. The molecule has 2 heterocycles. The Morgan fingerprint density at radius 3 is 2.96 bits per heavy atom. The molecule has 0 radical (unpaired) electrons. The number of nitrogens with one attached hydrogen (secondary N) is 2. The van der Waals surface area contributed by atoms with E-state index in [1.807, 2.05) is 27.0 Å². The predicted molar refractivity (Wildman–Crippen MR) is 93.4 cm³/mol. The summed E-state index contributed by atoms with van der Waals surface area (Å²) in [4.78, 5) is 23.5. The fraction of sp³-hybridized carbons (Fsp3) is 0.389. The lowest BCUT2D eigenvalue weighted by Crippen LogP contribution is -2.31. The maximum Gasteiger partial charge on any atom is 0.258 e. The van der Waals surface area contributed by atoms with E-state index in [9.17, 15) is 9.59 Å². The van der Waals surface area contributed by atoms with Gasteiger partial charge >= 0.3 is 0 Å². The Morgan fingerprint density at radius 1 is 1.44 bits per heavy atom. The minimum atomic E-state index is -0.193. The summed E-state index contributed by atoms with van der Waals surface area (Å²) in [7, 11) is 1.87. The van der Waals surface area contributed by atoms with Crippen LogP contribution in [0.25, 0.3) is 0 Å². The largest absolute Gasteiger partial charge is 0.484 e. The van der Waals surface area contributed by atoms with Crippen molar-refractivity contribution in [3.8, 4) is 5.75 Å². The van der Waals surface area contributed by atoms with Crippen LogP contribution in [0.3, 0.4) is 0 Å². The smallest absolute Gasteiger partial charge is 0.258 e. The molecular weight excluding hydrogens is 320 g/mol. The summed E-state index contributed by atoms with van der Waals surface area (Å²) in [5.41, 5.74) is 3.84. The molecule has 2 N–H and O–H groups in total. The first-order valence-corrected chi connectivity index (χ1v) is 8.27. The van der Waals surface area contributed by atoms with Crippen molar-refractivity contribution in [2.75, 3.05) is 11.9 Å². The summed E-state index contributed by atoms with van der Waals surface area (Å²) in [6, 6.07) is 5.30. The first-order chi connectivity index (χ1) is 11.9. The lowest BCUT2D eigenvalue weighted by Gasteiger charge is -2.18. The molecule has 0 unspecified atom stereocenters. The van der Waals surface area contributed by atoms with E-state index in [2.05, 4.69) is 15.7 Å². The zero-order chi connectivity index (χ0) is 18.0. The van der Waals surface area contributed by atoms with Crippen molar-refractivity contribution in [3.05, 3.63) is 41.2 Å². The molecule has 2 aromatic rings. The van der Waals surface area contributed by atoms with Crippen LogP contribution in [0.2, 0.25) is 0 Å². The van der Waals surface area contributed by atoms with Gasteiger partial charge in [0.1, 0.15) is 5.75 Å². The second kappa shape index (κ2) is 6.96. The average molecular weight is 342 g/mol. The van der Waals surface area contributed by atoms with Gasteiger partial charge < -0.3 is 15.4 Å². The Kier molecular flexibility index (Phi) is 4.74. The highest BCUT2D eigenvalue weighted by atomic mass is 16.5. The minimum Gasteiger partial charge on any atom is -0.484 e. The van der Waals surface area contributed by atoms with Crippen LogP contribution in [0.4, 0.5) is 5.69 Å². The van der Waals surface area contributed by atoms with E-state index >= 15 is 0 Å². The molecule has 2 amide bonds. The van der Waals surface area contributed by atoms with Crippen molar-refractivity contribution in [2.45, 2.75) is 32.7 Å². The molecule has 132 valence electrons. The second-order valence-electron chi connectivity index (χ2n) is 6.25. The van der Waals surface area contributed by atoms with Crippen LogP contribution in [0.5, 0.6) is 5.75 Å². The number of fused-ring (bicyclic) bond motifs is 1. The van der Waals surface area contributed by atoms with Gasteiger partial charge in [0.15, 0.2) is 6.61 Å². The second-order valence-corrected chi connectivity index (χ2v) is 6.25. The summed E-state index contributed by atoms with van der Waals surface area (Å²) < 4.78 is 7.37. The van der Waals surface area contributed by atoms with E-state index in [0.29, 0.717) is 18.6 Å². The SMILES string of the molecule is Cc1c([C@@H](C)NC(=O)COc2ccc3c(c2)CCC(=O)N3)cnn1C. The van der Waals surface area contributed by atoms with Crippen LogP contribution in [0, 0.1) is 6.92 Å². The van der Waals surface area contributed by atoms with Crippen molar-refractivity contribution >= 4 is 17.5 Å². The lowest BCUT2D eigenvalue weighted by atomic mass is 10.0. The number of benzene rings is 1. The van der Waals surface area contributed by atoms with Gasteiger partial charge in [-0.25, -0.2) is 0 Å². The molecule has 0 spiro atoms. The Bertz CT molecular complexity index is 813. The zero-order valence-electron chi connectivity index (χ0n) is 14.6. The summed E-state index contributed by atoms with van der Waals surface area (Å²) in [5.74, 6) is 0.456. The number of carbonyl (C=O) groups excluding carboxylic acids is 2. The molecule has 1 aliphatic rings. The van der Waals surface area contributed by atoms with E-state index in [0.717, 1.165) is 22.5 Å². The Labute approximate surface area is 146 Å². The fourth-order valence-corrected chi connectivity index (χ4v) is 2.90. The van der Waals surface area contributed by atoms with Crippen molar-refractivity contribution in [2.24, 2.45) is 7.05 Å². The highest BCUT2D eigenvalue weighted by molar-refractivity contribution is 5.94. The molecular formula is C18H22N4O3. The third kappa shape index (κ3) is 3.81. The van der Waals surface area contributed by atoms with Crippen molar-refractivity contribution in [1.29, 1.82) is 0 Å².